The van der Waals surface area contributed by atoms with Crippen molar-refractivity contribution in [1.82, 2.24) is 20.5 Å². The number of rotatable bonds is 5. The molecule has 5 nitrogen and oxygen atoms in total. The van der Waals surface area contributed by atoms with Crippen LogP contribution < -0.4 is 5.32 Å². The number of H-pyrrole nitrogens is 1. The summed E-state index contributed by atoms with van der Waals surface area (Å²) < 4.78 is 0. The Morgan fingerprint density at radius 3 is 2.48 bits per heavy atom. The van der Waals surface area contributed by atoms with Crippen molar-refractivity contribution in [2.45, 2.75) is 72.3 Å². The molecule has 1 aliphatic carbocycles. The van der Waals surface area contributed by atoms with Crippen molar-refractivity contribution in [3.8, 4) is 0 Å². The van der Waals surface area contributed by atoms with Crippen LogP contribution in [0.1, 0.15) is 76.2 Å². The topological polar surface area (TPSA) is 70.7 Å². The fourth-order valence-electron chi connectivity index (χ4n) is 3.11. The molecule has 2 rings (SSSR count). The van der Waals surface area contributed by atoms with Gasteiger partial charge in [-0.15, -0.1) is 5.10 Å². The number of aromatic amines is 1. The van der Waals surface area contributed by atoms with Gasteiger partial charge >= 0.3 is 0 Å². The molecule has 1 aromatic heterocycles. The van der Waals surface area contributed by atoms with Crippen molar-refractivity contribution in [3.05, 3.63) is 11.6 Å². The Morgan fingerprint density at radius 1 is 1.29 bits per heavy atom. The molecular formula is C16H28N4O. The van der Waals surface area contributed by atoms with Crippen LogP contribution in [0.25, 0.3) is 0 Å². The van der Waals surface area contributed by atoms with E-state index < -0.39 is 0 Å². The number of nitrogens with one attached hydrogen (secondary N) is 2. The number of carbonyl (C=O) groups excluding carboxylic acids is 1. The zero-order chi connectivity index (χ0) is 15.5. The SMILES string of the molecule is CCc1nc(C(=O)NC2CCC(C(C)(C)CC)CC2)n[nH]1. The number of amides is 1. The first kappa shape index (κ1) is 16.0. The van der Waals surface area contributed by atoms with Crippen LogP contribution in [0.3, 0.4) is 0 Å². The Labute approximate surface area is 127 Å². The summed E-state index contributed by atoms with van der Waals surface area (Å²) >= 11 is 0. The second kappa shape index (κ2) is 6.58. The van der Waals surface area contributed by atoms with E-state index in [1.807, 2.05) is 6.92 Å². The maximum atomic E-state index is 12.1. The molecule has 0 unspecified atom stereocenters. The predicted octanol–water partition coefficient (Wildman–Crippen LogP) is 3.09. The van der Waals surface area contributed by atoms with E-state index in [2.05, 4.69) is 41.3 Å². The minimum atomic E-state index is -0.149. The van der Waals surface area contributed by atoms with Gasteiger partial charge in [0.25, 0.3) is 5.91 Å². The van der Waals surface area contributed by atoms with Crippen molar-refractivity contribution in [3.63, 3.8) is 0 Å². The average molecular weight is 292 g/mol. The fourth-order valence-corrected chi connectivity index (χ4v) is 3.11. The molecular weight excluding hydrogens is 264 g/mol. The summed E-state index contributed by atoms with van der Waals surface area (Å²) in [5.41, 5.74) is 0.411. The highest BCUT2D eigenvalue weighted by molar-refractivity contribution is 5.90. The first-order valence-corrected chi connectivity index (χ1v) is 8.18. The van der Waals surface area contributed by atoms with Crippen molar-refractivity contribution in [2.75, 3.05) is 0 Å². The van der Waals surface area contributed by atoms with E-state index in [4.69, 9.17) is 0 Å². The predicted molar refractivity (Wildman–Crippen MR) is 83.0 cm³/mol. The van der Waals surface area contributed by atoms with E-state index in [9.17, 15) is 4.79 Å². The van der Waals surface area contributed by atoms with Crippen LogP contribution >= 0.6 is 0 Å². The molecule has 0 bridgehead atoms. The van der Waals surface area contributed by atoms with Gasteiger partial charge in [-0.2, -0.15) is 0 Å². The quantitative estimate of drug-likeness (QED) is 0.876. The van der Waals surface area contributed by atoms with Crippen LogP contribution in [0.2, 0.25) is 0 Å². The normalized spacial score (nSPS) is 23.0. The summed E-state index contributed by atoms with van der Waals surface area (Å²) in [6.07, 6.45) is 6.49. The second-order valence-corrected chi connectivity index (χ2v) is 6.82. The third-order valence-electron chi connectivity index (χ3n) is 5.15. The van der Waals surface area contributed by atoms with Gasteiger partial charge in [-0.05, 0) is 37.0 Å². The second-order valence-electron chi connectivity index (χ2n) is 6.82. The number of carbonyl (C=O) groups is 1. The summed E-state index contributed by atoms with van der Waals surface area (Å²) in [7, 11) is 0. The molecule has 1 heterocycles. The Morgan fingerprint density at radius 2 is 1.95 bits per heavy atom. The van der Waals surface area contributed by atoms with Gasteiger partial charge < -0.3 is 5.32 Å². The molecule has 0 aliphatic heterocycles. The number of nitrogens with zero attached hydrogens (tertiary/aromatic N) is 2. The van der Waals surface area contributed by atoms with Crippen molar-refractivity contribution in [2.24, 2.45) is 11.3 Å². The Kier molecular flexibility index (Phi) is 5.01. The molecule has 118 valence electrons. The molecule has 0 aromatic carbocycles. The minimum absolute atomic E-state index is 0.149. The van der Waals surface area contributed by atoms with E-state index in [1.54, 1.807) is 0 Å². The molecule has 1 aromatic rings. The molecule has 1 fully saturated rings. The minimum Gasteiger partial charge on any atom is -0.347 e. The van der Waals surface area contributed by atoms with Crippen LogP contribution in [0.5, 0.6) is 0 Å². The average Bonchev–Trinajstić information content (AvgIpc) is 2.97. The van der Waals surface area contributed by atoms with Gasteiger partial charge in [-0.25, -0.2) is 4.98 Å². The lowest BCUT2D eigenvalue weighted by Gasteiger charge is -2.39. The van der Waals surface area contributed by atoms with Crippen LogP contribution in [-0.2, 0) is 6.42 Å². The van der Waals surface area contributed by atoms with Crippen LogP contribution in [0, 0.1) is 11.3 Å². The van der Waals surface area contributed by atoms with Gasteiger partial charge in [0.15, 0.2) is 0 Å². The standard InChI is InChI=1S/C16H28N4O/c1-5-13-18-14(20-19-13)15(21)17-12-9-7-11(8-10-12)16(3,4)6-2/h11-12H,5-10H2,1-4H3,(H,17,21)(H,18,19,20). The van der Waals surface area contributed by atoms with Gasteiger partial charge in [0.05, 0.1) is 0 Å². The molecule has 1 aliphatic rings. The summed E-state index contributed by atoms with van der Waals surface area (Å²) in [4.78, 5) is 16.3. The third-order valence-corrected chi connectivity index (χ3v) is 5.15. The van der Waals surface area contributed by atoms with Gasteiger partial charge in [0, 0.05) is 12.5 Å². The van der Waals surface area contributed by atoms with Crippen LogP contribution in [0.4, 0.5) is 0 Å². The summed E-state index contributed by atoms with van der Waals surface area (Å²) in [5.74, 6) is 1.64. The molecule has 0 saturated heterocycles. The molecule has 5 heteroatoms. The van der Waals surface area contributed by atoms with Crippen molar-refractivity contribution < 1.29 is 4.79 Å². The number of aryl methyl sites for hydroxylation is 1. The van der Waals surface area contributed by atoms with Gasteiger partial charge in [0.1, 0.15) is 5.82 Å². The fraction of sp³-hybridized carbons (Fsp3) is 0.812. The number of hydrogen-bond acceptors (Lipinski definition) is 3. The van der Waals surface area contributed by atoms with Crippen LogP contribution in [-0.4, -0.2) is 27.1 Å². The molecule has 21 heavy (non-hydrogen) atoms. The zero-order valence-electron chi connectivity index (χ0n) is 13.7. The van der Waals surface area contributed by atoms with E-state index in [1.165, 1.54) is 19.3 Å². The molecule has 0 atom stereocenters. The highest BCUT2D eigenvalue weighted by atomic mass is 16.2. The Balaban J connectivity index is 1.84. The lowest BCUT2D eigenvalue weighted by Crippen LogP contribution is -2.40. The molecule has 1 amide bonds. The van der Waals surface area contributed by atoms with Gasteiger partial charge in [-0.3, -0.25) is 9.89 Å². The number of aromatic nitrogens is 3. The van der Waals surface area contributed by atoms with E-state index in [0.717, 1.165) is 31.0 Å². The third kappa shape index (κ3) is 3.83. The van der Waals surface area contributed by atoms with Gasteiger partial charge in [-0.1, -0.05) is 34.1 Å². The van der Waals surface area contributed by atoms with Gasteiger partial charge in [0.2, 0.25) is 5.82 Å². The zero-order valence-corrected chi connectivity index (χ0v) is 13.7. The first-order valence-electron chi connectivity index (χ1n) is 8.18. The lowest BCUT2D eigenvalue weighted by atomic mass is 9.69. The molecule has 0 spiro atoms. The highest BCUT2D eigenvalue weighted by Crippen LogP contribution is 2.40. The monoisotopic (exact) mass is 292 g/mol. The summed E-state index contributed by atoms with van der Waals surface area (Å²) in [5, 5.41) is 9.84. The number of hydrogen-bond donors (Lipinski definition) is 2. The van der Waals surface area contributed by atoms with E-state index >= 15 is 0 Å². The summed E-state index contributed by atoms with van der Waals surface area (Å²) in [6, 6.07) is 0.269. The first-order chi connectivity index (χ1) is 9.96. The van der Waals surface area contributed by atoms with E-state index in [-0.39, 0.29) is 17.8 Å². The summed E-state index contributed by atoms with van der Waals surface area (Å²) in [6.45, 7) is 8.97. The van der Waals surface area contributed by atoms with Crippen molar-refractivity contribution in [1.29, 1.82) is 0 Å². The Hall–Kier alpha value is -1.39. The molecule has 2 N–H and O–H groups in total. The maximum absolute atomic E-state index is 12.1. The van der Waals surface area contributed by atoms with Crippen molar-refractivity contribution >= 4 is 5.91 Å². The maximum Gasteiger partial charge on any atom is 0.291 e. The molecule has 0 radical (unpaired) electrons. The lowest BCUT2D eigenvalue weighted by molar-refractivity contribution is 0.0883. The Bertz CT molecular complexity index is 472. The molecule has 1 saturated carbocycles. The largest absolute Gasteiger partial charge is 0.347 e. The highest BCUT2D eigenvalue weighted by Gasteiger charge is 2.32. The van der Waals surface area contributed by atoms with E-state index in [0.29, 0.717) is 5.41 Å². The smallest absolute Gasteiger partial charge is 0.291 e. The van der Waals surface area contributed by atoms with Crippen LogP contribution in [0.15, 0.2) is 0 Å².